The number of rotatable bonds is 5. The van der Waals surface area contributed by atoms with Gasteiger partial charge in [-0.15, -0.1) is 0 Å². The summed E-state index contributed by atoms with van der Waals surface area (Å²) in [4.78, 5) is 0. The first-order chi connectivity index (χ1) is 10.4. The van der Waals surface area contributed by atoms with E-state index in [1.165, 1.54) is 12.1 Å². The molecule has 0 aliphatic rings. The minimum atomic E-state index is -4.32. The summed E-state index contributed by atoms with van der Waals surface area (Å²) in [6, 6.07) is 10.8. The van der Waals surface area contributed by atoms with E-state index in [1.54, 1.807) is 0 Å². The molecule has 0 radical (unpaired) electrons. The van der Waals surface area contributed by atoms with Gasteiger partial charge in [-0.05, 0) is 36.6 Å². The number of aryl methyl sites for hydroxylation is 1. The van der Waals surface area contributed by atoms with Crippen LogP contribution in [0.2, 0.25) is 0 Å². The van der Waals surface area contributed by atoms with Gasteiger partial charge in [0.1, 0.15) is 5.75 Å². The van der Waals surface area contributed by atoms with Crippen LogP contribution in [-0.4, -0.2) is 11.9 Å². The molecule has 0 unspecified atom stereocenters. The van der Waals surface area contributed by atoms with Crippen molar-refractivity contribution in [3.8, 4) is 16.9 Å². The molecule has 0 N–H and O–H groups in total. The van der Waals surface area contributed by atoms with E-state index >= 15 is 0 Å². The maximum absolute atomic E-state index is 12.6. The summed E-state index contributed by atoms with van der Waals surface area (Å²) < 4.78 is 43.7. The number of hydrogen-bond donors (Lipinski definition) is 0. The van der Waals surface area contributed by atoms with Crippen molar-refractivity contribution < 1.29 is 17.9 Å². The lowest BCUT2D eigenvalue weighted by Gasteiger charge is -2.15. The predicted molar refractivity (Wildman–Crippen MR) is 85.5 cm³/mol. The molecule has 0 aliphatic carbocycles. The maximum Gasteiger partial charge on any atom is 0.416 e. The second-order valence-electron chi connectivity index (χ2n) is 4.92. The second kappa shape index (κ2) is 7.18. The van der Waals surface area contributed by atoms with Crippen LogP contribution < -0.4 is 4.74 Å². The number of benzene rings is 2. The number of hydrogen-bond acceptors (Lipinski definition) is 1. The smallest absolute Gasteiger partial charge is 0.416 e. The lowest BCUT2D eigenvalue weighted by atomic mass is 10.0. The van der Waals surface area contributed by atoms with Crippen LogP contribution in [0.15, 0.2) is 42.5 Å². The van der Waals surface area contributed by atoms with E-state index in [9.17, 15) is 13.2 Å². The summed E-state index contributed by atoms with van der Waals surface area (Å²) >= 11 is 3.34. The normalized spacial score (nSPS) is 11.5. The van der Waals surface area contributed by atoms with Gasteiger partial charge in [-0.25, -0.2) is 0 Å². The first kappa shape index (κ1) is 16.9. The average Bonchev–Trinajstić information content (AvgIpc) is 2.48. The zero-order chi connectivity index (χ0) is 16.2. The Morgan fingerprint density at radius 2 is 1.73 bits per heavy atom. The van der Waals surface area contributed by atoms with Crippen molar-refractivity contribution >= 4 is 15.9 Å². The van der Waals surface area contributed by atoms with Crippen LogP contribution in [-0.2, 0) is 6.18 Å². The summed E-state index contributed by atoms with van der Waals surface area (Å²) in [6.07, 6.45) is -3.46. The van der Waals surface area contributed by atoms with Gasteiger partial charge < -0.3 is 4.74 Å². The van der Waals surface area contributed by atoms with Gasteiger partial charge in [0.2, 0.25) is 0 Å². The van der Waals surface area contributed by atoms with Crippen molar-refractivity contribution in [2.45, 2.75) is 19.5 Å². The predicted octanol–water partition coefficient (Wildman–Crippen LogP) is 5.84. The summed E-state index contributed by atoms with van der Waals surface area (Å²) in [6.45, 7) is 2.49. The zero-order valence-electron chi connectivity index (χ0n) is 12.1. The molecule has 2 aromatic rings. The fraction of sp³-hybridized carbons (Fsp3) is 0.294. The molecule has 0 bridgehead atoms. The average molecular weight is 373 g/mol. The molecule has 0 heterocycles. The fourth-order valence-electron chi connectivity index (χ4n) is 2.14. The Morgan fingerprint density at radius 1 is 1.05 bits per heavy atom. The molecule has 5 heteroatoms. The summed E-state index contributed by atoms with van der Waals surface area (Å²) in [5.74, 6) is 0.725. The Kier molecular flexibility index (Phi) is 5.51. The zero-order valence-corrected chi connectivity index (χ0v) is 13.7. The number of para-hydroxylation sites is 1. The number of ether oxygens (including phenoxy) is 1. The molecular weight excluding hydrogens is 357 g/mol. The molecule has 0 spiro atoms. The molecule has 1 nitrogen and oxygen atoms in total. The topological polar surface area (TPSA) is 9.23 Å². The lowest BCUT2D eigenvalue weighted by Crippen LogP contribution is -2.04. The molecule has 22 heavy (non-hydrogen) atoms. The molecule has 118 valence electrons. The Balaban J connectivity index is 2.33. The van der Waals surface area contributed by atoms with Crippen LogP contribution in [0.1, 0.15) is 17.5 Å². The van der Waals surface area contributed by atoms with Crippen LogP contribution >= 0.6 is 15.9 Å². The first-order valence-corrected chi connectivity index (χ1v) is 8.01. The third-order valence-corrected chi connectivity index (χ3v) is 3.82. The first-order valence-electron chi connectivity index (χ1n) is 6.89. The van der Waals surface area contributed by atoms with Crippen molar-refractivity contribution in [2.24, 2.45) is 0 Å². The SMILES string of the molecule is Cc1cccc(-c2ccc(C(F)(F)F)cc2)c1OCCCBr. The lowest BCUT2D eigenvalue weighted by molar-refractivity contribution is -0.137. The van der Waals surface area contributed by atoms with Crippen molar-refractivity contribution in [3.63, 3.8) is 0 Å². The van der Waals surface area contributed by atoms with Gasteiger partial charge >= 0.3 is 6.18 Å². The Hall–Kier alpha value is -1.49. The van der Waals surface area contributed by atoms with Crippen molar-refractivity contribution in [2.75, 3.05) is 11.9 Å². The second-order valence-corrected chi connectivity index (χ2v) is 5.71. The molecule has 0 amide bonds. The summed E-state index contributed by atoms with van der Waals surface area (Å²) in [5.41, 5.74) is 1.84. The van der Waals surface area contributed by atoms with E-state index in [0.29, 0.717) is 12.2 Å². The van der Waals surface area contributed by atoms with Crippen LogP contribution in [0.25, 0.3) is 11.1 Å². The van der Waals surface area contributed by atoms with Gasteiger partial charge in [0.25, 0.3) is 0 Å². The van der Waals surface area contributed by atoms with Gasteiger partial charge in [-0.2, -0.15) is 13.2 Å². The fourth-order valence-corrected chi connectivity index (χ4v) is 2.37. The summed E-state index contributed by atoms with van der Waals surface area (Å²) in [5, 5.41) is 0.842. The third-order valence-electron chi connectivity index (χ3n) is 3.26. The van der Waals surface area contributed by atoms with E-state index in [-0.39, 0.29) is 0 Å². The summed E-state index contributed by atoms with van der Waals surface area (Å²) in [7, 11) is 0. The molecule has 0 atom stereocenters. The molecule has 0 saturated carbocycles. The number of halogens is 4. The third kappa shape index (κ3) is 4.03. The number of alkyl halides is 4. The molecule has 0 aromatic heterocycles. The van der Waals surface area contributed by atoms with Crippen molar-refractivity contribution in [1.29, 1.82) is 0 Å². The monoisotopic (exact) mass is 372 g/mol. The van der Waals surface area contributed by atoms with E-state index in [1.807, 2.05) is 25.1 Å². The van der Waals surface area contributed by atoms with Gasteiger partial charge in [-0.1, -0.05) is 46.3 Å². The van der Waals surface area contributed by atoms with Crippen molar-refractivity contribution in [3.05, 3.63) is 53.6 Å². The molecule has 0 saturated heterocycles. The standard InChI is InChI=1S/C17H16BrF3O/c1-12-4-2-5-15(16(12)22-11-3-10-18)13-6-8-14(9-7-13)17(19,20)21/h2,4-9H,3,10-11H2,1H3. The molecular formula is C17H16BrF3O. The highest BCUT2D eigenvalue weighted by molar-refractivity contribution is 9.09. The maximum atomic E-state index is 12.6. The Bertz CT molecular complexity index is 621. The minimum absolute atomic E-state index is 0.559. The van der Waals surface area contributed by atoms with E-state index in [2.05, 4.69) is 15.9 Å². The molecule has 2 rings (SSSR count). The van der Waals surface area contributed by atoms with Crippen molar-refractivity contribution in [1.82, 2.24) is 0 Å². The van der Waals surface area contributed by atoms with E-state index in [0.717, 1.165) is 40.8 Å². The quantitative estimate of drug-likeness (QED) is 0.472. The minimum Gasteiger partial charge on any atom is -0.493 e. The molecule has 2 aromatic carbocycles. The van der Waals surface area contributed by atoms with Gasteiger partial charge in [0.15, 0.2) is 0 Å². The van der Waals surface area contributed by atoms with Crippen LogP contribution in [0, 0.1) is 6.92 Å². The van der Waals surface area contributed by atoms with Gasteiger partial charge in [0.05, 0.1) is 12.2 Å². The van der Waals surface area contributed by atoms with Gasteiger partial charge in [0, 0.05) is 10.9 Å². The Labute approximate surface area is 136 Å². The largest absolute Gasteiger partial charge is 0.493 e. The molecule has 0 aliphatic heterocycles. The highest BCUT2D eigenvalue weighted by Gasteiger charge is 2.30. The molecule has 0 fully saturated rings. The highest BCUT2D eigenvalue weighted by atomic mass is 79.9. The van der Waals surface area contributed by atoms with E-state index < -0.39 is 11.7 Å². The van der Waals surface area contributed by atoms with E-state index in [4.69, 9.17) is 4.74 Å². The van der Waals surface area contributed by atoms with Crippen LogP contribution in [0.3, 0.4) is 0 Å². The van der Waals surface area contributed by atoms with Gasteiger partial charge in [-0.3, -0.25) is 0 Å². The van der Waals surface area contributed by atoms with Crippen LogP contribution in [0.5, 0.6) is 5.75 Å². The highest BCUT2D eigenvalue weighted by Crippen LogP contribution is 2.35. The Morgan fingerprint density at radius 3 is 2.32 bits per heavy atom. The van der Waals surface area contributed by atoms with Crippen LogP contribution in [0.4, 0.5) is 13.2 Å².